The largest absolute Gasteiger partial charge is 0.481 e. The first-order valence-corrected chi connectivity index (χ1v) is 12.2. The van der Waals surface area contributed by atoms with Crippen LogP contribution >= 0.6 is 12.6 Å². The Kier molecular flexibility index (Phi) is 16.6. The van der Waals surface area contributed by atoms with E-state index >= 15 is 0 Å². The van der Waals surface area contributed by atoms with Gasteiger partial charge in [0.05, 0.1) is 6.04 Å². The van der Waals surface area contributed by atoms with Crippen LogP contribution in [-0.4, -0.2) is 94.8 Å². The maximum absolute atomic E-state index is 13.1. The van der Waals surface area contributed by atoms with E-state index in [1.54, 1.807) is 0 Å². The number of hydrogen-bond donors (Lipinski definition) is 11. The summed E-state index contributed by atoms with van der Waals surface area (Å²) in [7, 11) is 0. The summed E-state index contributed by atoms with van der Waals surface area (Å²) >= 11 is 3.90. The molecule has 38 heavy (non-hydrogen) atoms. The highest BCUT2D eigenvalue weighted by Gasteiger charge is 2.29. The van der Waals surface area contributed by atoms with Gasteiger partial charge in [0.15, 0.2) is 11.9 Å². The van der Waals surface area contributed by atoms with E-state index in [0.29, 0.717) is 0 Å². The minimum absolute atomic E-state index is 0.0278. The lowest BCUT2D eigenvalue weighted by molar-refractivity contribution is -0.141. The highest BCUT2D eigenvalue weighted by atomic mass is 32.1. The summed E-state index contributed by atoms with van der Waals surface area (Å²) in [4.78, 5) is 68.1. The average molecular weight is 563 g/mol. The van der Waals surface area contributed by atoms with Crippen LogP contribution in [0.15, 0.2) is 9.98 Å². The molecule has 0 bridgehead atoms. The summed E-state index contributed by atoms with van der Waals surface area (Å²) in [5.41, 5.74) is 26.9. The third-order valence-corrected chi connectivity index (χ3v) is 5.32. The molecule has 15 N–H and O–H groups in total. The van der Waals surface area contributed by atoms with Crippen molar-refractivity contribution in [2.24, 2.45) is 38.7 Å². The molecule has 0 saturated carbocycles. The van der Waals surface area contributed by atoms with Crippen LogP contribution in [0.2, 0.25) is 0 Å². The van der Waals surface area contributed by atoms with Gasteiger partial charge < -0.3 is 54.8 Å². The van der Waals surface area contributed by atoms with Crippen molar-refractivity contribution in [3.8, 4) is 0 Å². The van der Waals surface area contributed by atoms with Crippen molar-refractivity contribution in [3.63, 3.8) is 0 Å². The molecule has 3 amide bonds. The molecule has 0 aromatic carbocycles. The van der Waals surface area contributed by atoms with Gasteiger partial charge in [0.2, 0.25) is 17.7 Å². The fraction of sp³-hybridized carbons (Fsp3) is 0.650. The molecular weight excluding hydrogens is 524 g/mol. The van der Waals surface area contributed by atoms with Crippen LogP contribution < -0.4 is 44.6 Å². The number of amides is 3. The van der Waals surface area contributed by atoms with Gasteiger partial charge in [-0.1, -0.05) is 0 Å². The lowest BCUT2D eigenvalue weighted by Gasteiger charge is -2.25. The minimum atomic E-state index is -1.32. The van der Waals surface area contributed by atoms with Gasteiger partial charge in [-0.05, 0) is 32.1 Å². The first-order chi connectivity index (χ1) is 17.8. The zero-order valence-electron chi connectivity index (χ0n) is 20.8. The number of thiol groups is 1. The normalized spacial score (nSPS) is 13.6. The van der Waals surface area contributed by atoms with E-state index in [-0.39, 0.29) is 69.3 Å². The lowest BCUT2D eigenvalue weighted by Crippen LogP contribution is -2.57. The van der Waals surface area contributed by atoms with Gasteiger partial charge in [-0.15, -0.1) is 0 Å². The predicted octanol–water partition coefficient (Wildman–Crippen LogP) is -4.25. The number of carbonyl (C=O) groups is 5. The fourth-order valence-corrected chi connectivity index (χ4v) is 3.21. The SMILES string of the molecule is NC(N)=NCCCC(NC(=O)C(N)CCC(=O)O)C(=O)NC(CCCN=C(N)N)C(=O)NC(CS)C(=O)O. The zero-order chi connectivity index (χ0) is 29.3. The van der Waals surface area contributed by atoms with Gasteiger partial charge in [0.1, 0.15) is 18.1 Å². The molecular formula is C20H38N10O7S. The second kappa shape index (κ2) is 18.4. The number of nitrogens with two attached hydrogens (primary N) is 5. The molecule has 18 heteroatoms. The molecule has 0 aliphatic heterocycles. The molecule has 0 saturated heterocycles. The summed E-state index contributed by atoms with van der Waals surface area (Å²) in [5.74, 6) is -5.34. The molecule has 0 fully saturated rings. The quantitative estimate of drug-likeness (QED) is 0.0308. The number of aliphatic imine (C=N–C) groups is 2. The first kappa shape index (κ1) is 34.2. The van der Waals surface area contributed by atoms with Crippen LogP contribution in [0.4, 0.5) is 0 Å². The number of guanidine groups is 2. The van der Waals surface area contributed by atoms with Gasteiger partial charge >= 0.3 is 11.9 Å². The van der Waals surface area contributed by atoms with Crippen LogP contribution in [0.1, 0.15) is 38.5 Å². The topological polar surface area (TPSA) is 317 Å². The number of nitrogens with one attached hydrogen (secondary N) is 3. The van der Waals surface area contributed by atoms with Crippen molar-refractivity contribution in [1.29, 1.82) is 0 Å². The van der Waals surface area contributed by atoms with E-state index in [1.165, 1.54) is 0 Å². The summed E-state index contributed by atoms with van der Waals surface area (Å²) in [6.45, 7) is 0.270. The number of carboxylic acid groups (broad SMARTS) is 2. The lowest BCUT2D eigenvalue weighted by atomic mass is 10.1. The Morgan fingerprint density at radius 2 is 1.13 bits per heavy atom. The van der Waals surface area contributed by atoms with E-state index in [0.717, 1.165) is 0 Å². The third-order valence-electron chi connectivity index (χ3n) is 4.96. The molecule has 216 valence electrons. The molecule has 0 spiro atoms. The standard InChI is InChI=1S/C20H38N10O7S/c21-10(5-6-14(31)32)15(33)28-11(3-1-7-26-19(22)23)16(34)29-12(4-2-8-27-20(24)25)17(35)30-13(9-38)18(36)37/h10-13,38H,1-9,21H2,(H,28,33)(H,29,34)(H,30,35)(H,31,32)(H,36,37)(H4,22,23,26)(H4,24,25,27). The molecule has 0 aliphatic carbocycles. The fourth-order valence-electron chi connectivity index (χ4n) is 2.96. The Bertz CT molecular complexity index is 878. The van der Waals surface area contributed by atoms with Crippen molar-refractivity contribution in [1.82, 2.24) is 16.0 Å². The van der Waals surface area contributed by atoms with E-state index in [4.69, 9.17) is 33.8 Å². The van der Waals surface area contributed by atoms with E-state index < -0.39 is 53.8 Å². The van der Waals surface area contributed by atoms with Crippen LogP contribution in [0.25, 0.3) is 0 Å². The maximum Gasteiger partial charge on any atom is 0.327 e. The molecule has 17 nitrogen and oxygen atoms in total. The number of nitrogens with zero attached hydrogens (tertiary/aromatic N) is 2. The maximum atomic E-state index is 13.1. The van der Waals surface area contributed by atoms with Crippen LogP contribution in [0.3, 0.4) is 0 Å². The zero-order valence-corrected chi connectivity index (χ0v) is 21.7. The number of carboxylic acids is 2. The third kappa shape index (κ3) is 15.3. The van der Waals surface area contributed by atoms with Crippen molar-refractivity contribution in [2.75, 3.05) is 18.8 Å². The average Bonchev–Trinajstić information content (AvgIpc) is 2.83. The summed E-state index contributed by atoms with van der Waals surface area (Å²) in [6, 6.07) is -4.92. The van der Waals surface area contributed by atoms with Crippen LogP contribution in [0, 0.1) is 0 Å². The van der Waals surface area contributed by atoms with Gasteiger partial charge in [0.25, 0.3) is 0 Å². The molecule has 4 atom stereocenters. The molecule has 0 aromatic heterocycles. The van der Waals surface area contributed by atoms with Crippen molar-refractivity contribution < 1.29 is 34.2 Å². The van der Waals surface area contributed by atoms with Crippen molar-refractivity contribution >= 4 is 54.2 Å². The van der Waals surface area contributed by atoms with Crippen molar-refractivity contribution in [3.05, 3.63) is 0 Å². The molecule has 0 aliphatic rings. The summed E-state index contributed by atoms with van der Waals surface area (Å²) < 4.78 is 0. The molecule has 0 rings (SSSR count). The van der Waals surface area contributed by atoms with Gasteiger partial charge in [0, 0.05) is 25.3 Å². The van der Waals surface area contributed by atoms with Crippen molar-refractivity contribution in [2.45, 2.75) is 62.7 Å². The summed E-state index contributed by atoms with van der Waals surface area (Å²) in [6.07, 6.45) is 0.0412. The number of carbonyl (C=O) groups excluding carboxylic acids is 3. The number of rotatable bonds is 19. The van der Waals surface area contributed by atoms with Gasteiger partial charge in [-0.3, -0.25) is 29.2 Å². The second-order valence-corrected chi connectivity index (χ2v) is 8.51. The number of aliphatic carboxylic acids is 2. The van der Waals surface area contributed by atoms with Gasteiger partial charge in [-0.25, -0.2) is 4.79 Å². The molecule has 0 heterocycles. The van der Waals surface area contributed by atoms with E-state index in [9.17, 15) is 29.1 Å². The highest BCUT2D eigenvalue weighted by Crippen LogP contribution is 2.06. The van der Waals surface area contributed by atoms with Crippen LogP contribution in [0.5, 0.6) is 0 Å². The monoisotopic (exact) mass is 562 g/mol. The summed E-state index contributed by atoms with van der Waals surface area (Å²) in [5, 5.41) is 25.3. The molecule has 4 unspecified atom stereocenters. The minimum Gasteiger partial charge on any atom is -0.481 e. The Labute approximate surface area is 224 Å². The van der Waals surface area contributed by atoms with E-state index in [1.807, 2.05) is 0 Å². The van der Waals surface area contributed by atoms with E-state index in [2.05, 4.69) is 38.6 Å². The molecule has 0 aromatic rings. The first-order valence-electron chi connectivity index (χ1n) is 11.6. The Hall–Kier alpha value is -3.80. The predicted molar refractivity (Wildman–Crippen MR) is 142 cm³/mol. The smallest absolute Gasteiger partial charge is 0.327 e. The Balaban J connectivity index is 5.65. The number of hydrogen-bond acceptors (Lipinski definition) is 9. The van der Waals surface area contributed by atoms with Gasteiger partial charge in [-0.2, -0.15) is 12.6 Å². The highest BCUT2D eigenvalue weighted by molar-refractivity contribution is 7.80. The second-order valence-electron chi connectivity index (χ2n) is 8.14. The Morgan fingerprint density at radius 1 is 0.711 bits per heavy atom. The van der Waals surface area contributed by atoms with Crippen LogP contribution in [-0.2, 0) is 24.0 Å². The molecule has 0 radical (unpaired) electrons. The Morgan fingerprint density at radius 3 is 1.50 bits per heavy atom.